The van der Waals surface area contributed by atoms with Gasteiger partial charge in [0, 0.05) is 12.1 Å². The Balaban J connectivity index is 2.87. The number of carbonyl (C=O) groups is 2. The summed E-state index contributed by atoms with van der Waals surface area (Å²) in [6.07, 6.45) is 1.12. The smallest absolute Gasteiger partial charge is 0.318 e. The van der Waals surface area contributed by atoms with E-state index in [9.17, 15) is 18.0 Å². The topological polar surface area (TPSA) is 104 Å². The molecular formula is C13H24N2O5S. The summed E-state index contributed by atoms with van der Waals surface area (Å²) in [5.41, 5.74) is -0.374. The van der Waals surface area contributed by atoms with Crippen molar-refractivity contribution in [2.24, 2.45) is 0 Å². The molecule has 1 fully saturated rings. The summed E-state index contributed by atoms with van der Waals surface area (Å²) in [5.74, 6) is -1.52. The third-order valence-electron chi connectivity index (χ3n) is 4.17. The highest BCUT2D eigenvalue weighted by molar-refractivity contribution is 7.91. The van der Waals surface area contributed by atoms with E-state index < -0.39 is 21.8 Å². The minimum atomic E-state index is -3.28. The van der Waals surface area contributed by atoms with Crippen LogP contribution in [0.3, 0.4) is 0 Å². The number of aliphatic carboxylic acids is 1. The van der Waals surface area contributed by atoms with Crippen molar-refractivity contribution >= 4 is 21.8 Å². The summed E-state index contributed by atoms with van der Waals surface area (Å²) >= 11 is 0. The second kappa shape index (κ2) is 6.64. The summed E-state index contributed by atoms with van der Waals surface area (Å²) < 4.78 is 23.3. The van der Waals surface area contributed by atoms with Gasteiger partial charge in [-0.15, -0.1) is 0 Å². The average Bonchev–Trinajstić information content (AvgIpc) is 2.36. The second-order valence-corrected chi connectivity index (χ2v) is 7.99. The summed E-state index contributed by atoms with van der Waals surface area (Å²) in [6.45, 7) is 5.87. The van der Waals surface area contributed by atoms with Crippen molar-refractivity contribution in [2.75, 3.05) is 18.1 Å². The largest absolute Gasteiger partial charge is 0.481 e. The number of hydrogen-bond acceptors (Lipinski definition) is 4. The van der Waals surface area contributed by atoms with Crippen LogP contribution in [0.4, 0.5) is 4.79 Å². The number of rotatable bonds is 5. The van der Waals surface area contributed by atoms with Gasteiger partial charge in [-0.1, -0.05) is 13.8 Å². The standard InChI is InChI=1S/C13H24N2O5S/c1-4-13(3,5-2)14-12(18)15-6-7-21(19,20)9-10(15)8-11(16)17/h10H,4-9H2,1-3H3,(H,14,18)(H,16,17). The van der Waals surface area contributed by atoms with Crippen molar-refractivity contribution in [3.05, 3.63) is 0 Å². The summed E-state index contributed by atoms with van der Waals surface area (Å²) in [6, 6.07) is -1.19. The Hall–Kier alpha value is -1.31. The highest BCUT2D eigenvalue weighted by atomic mass is 32.2. The van der Waals surface area contributed by atoms with Gasteiger partial charge in [0.05, 0.1) is 24.0 Å². The van der Waals surface area contributed by atoms with Crippen molar-refractivity contribution in [1.82, 2.24) is 10.2 Å². The van der Waals surface area contributed by atoms with Gasteiger partial charge in [-0.2, -0.15) is 0 Å². The lowest BCUT2D eigenvalue weighted by Gasteiger charge is -2.38. The minimum Gasteiger partial charge on any atom is -0.481 e. The molecule has 1 aliphatic rings. The number of carboxylic acids is 1. The maximum absolute atomic E-state index is 12.4. The third kappa shape index (κ3) is 4.87. The lowest BCUT2D eigenvalue weighted by molar-refractivity contribution is -0.138. The van der Waals surface area contributed by atoms with Crippen molar-refractivity contribution < 1.29 is 23.1 Å². The molecule has 1 unspecified atom stereocenters. The Kier molecular flexibility index (Phi) is 5.61. The van der Waals surface area contributed by atoms with Gasteiger partial charge in [0.1, 0.15) is 0 Å². The first-order valence-electron chi connectivity index (χ1n) is 7.13. The fourth-order valence-electron chi connectivity index (χ4n) is 2.28. The normalized spacial score (nSPS) is 21.9. The number of nitrogens with zero attached hydrogens (tertiary/aromatic N) is 1. The molecule has 0 aliphatic carbocycles. The fraction of sp³-hybridized carbons (Fsp3) is 0.846. The molecule has 1 rings (SSSR count). The van der Waals surface area contributed by atoms with Gasteiger partial charge in [-0.3, -0.25) is 4.79 Å². The van der Waals surface area contributed by atoms with E-state index in [2.05, 4.69) is 5.32 Å². The zero-order valence-corrected chi connectivity index (χ0v) is 13.6. The maximum atomic E-state index is 12.4. The molecule has 0 aromatic rings. The van der Waals surface area contributed by atoms with E-state index >= 15 is 0 Å². The molecule has 21 heavy (non-hydrogen) atoms. The molecule has 0 aromatic heterocycles. The number of nitrogens with one attached hydrogen (secondary N) is 1. The number of carbonyl (C=O) groups excluding carboxylic acids is 1. The summed E-state index contributed by atoms with van der Waals surface area (Å²) in [4.78, 5) is 24.6. The van der Waals surface area contributed by atoms with Gasteiger partial charge < -0.3 is 15.3 Å². The Labute approximate surface area is 125 Å². The molecule has 0 saturated carbocycles. The van der Waals surface area contributed by atoms with E-state index in [0.29, 0.717) is 0 Å². The summed E-state index contributed by atoms with van der Waals surface area (Å²) in [7, 11) is -3.28. The molecule has 8 heteroatoms. The molecule has 0 spiro atoms. The molecule has 1 heterocycles. The lowest BCUT2D eigenvalue weighted by atomic mass is 9.96. The predicted octanol–water partition coefficient (Wildman–Crippen LogP) is 0.848. The van der Waals surface area contributed by atoms with Crippen LogP contribution >= 0.6 is 0 Å². The first-order valence-corrected chi connectivity index (χ1v) is 8.95. The van der Waals surface area contributed by atoms with Crippen LogP contribution in [-0.4, -0.2) is 60.1 Å². The van der Waals surface area contributed by atoms with Gasteiger partial charge in [-0.25, -0.2) is 13.2 Å². The van der Waals surface area contributed by atoms with Crippen molar-refractivity contribution in [3.63, 3.8) is 0 Å². The zero-order valence-electron chi connectivity index (χ0n) is 12.8. The van der Waals surface area contributed by atoms with Crippen molar-refractivity contribution in [2.45, 2.75) is 51.6 Å². The van der Waals surface area contributed by atoms with Gasteiger partial charge in [0.2, 0.25) is 0 Å². The molecule has 2 N–H and O–H groups in total. The predicted molar refractivity (Wildman–Crippen MR) is 78.9 cm³/mol. The summed E-state index contributed by atoms with van der Waals surface area (Å²) in [5, 5.41) is 11.8. The van der Waals surface area contributed by atoms with Gasteiger partial charge in [0.15, 0.2) is 9.84 Å². The van der Waals surface area contributed by atoms with E-state index in [1.165, 1.54) is 4.90 Å². The molecule has 122 valence electrons. The molecule has 0 aromatic carbocycles. The van der Waals surface area contributed by atoms with Gasteiger partial charge in [0.25, 0.3) is 0 Å². The third-order valence-corrected chi connectivity index (χ3v) is 5.87. The van der Waals surface area contributed by atoms with E-state index in [0.717, 1.165) is 12.8 Å². The Morgan fingerprint density at radius 1 is 1.33 bits per heavy atom. The minimum absolute atomic E-state index is 0.0373. The highest BCUT2D eigenvalue weighted by Gasteiger charge is 2.37. The molecule has 7 nitrogen and oxygen atoms in total. The highest BCUT2D eigenvalue weighted by Crippen LogP contribution is 2.19. The van der Waals surface area contributed by atoms with E-state index in [4.69, 9.17) is 5.11 Å². The number of urea groups is 1. The van der Waals surface area contributed by atoms with Crippen LogP contribution in [0.15, 0.2) is 0 Å². The van der Waals surface area contributed by atoms with Crippen LogP contribution in [0, 0.1) is 0 Å². The van der Waals surface area contributed by atoms with Crippen LogP contribution in [0.2, 0.25) is 0 Å². The first kappa shape index (κ1) is 17.7. The monoisotopic (exact) mass is 320 g/mol. The maximum Gasteiger partial charge on any atom is 0.318 e. The van der Waals surface area contributed by atoms with Crippen molar-refractivity contribution in [1.29, 1.82) is 0 Å². The quantitative estimate of drug-likeness (QED) is 0.781. The molecule has 0 bridgehead atoms. The van der Waals surface area contributed by atoms with Crippen LogP contribution in [0.25, 0.3) is 0 Å². The molecule has 2 amide bonds. The Bertz CT molecular complexity index is 499. The van der Waals surface area contributed by atoms with Crippen LogP contribution in [-0.2, 0) is 14.6 Å². The van der Waals surface area contributed by atoms with Crippen LogP contribution < -0.4 is 5.32 Å². The van der Waals surface area contributed by atoms with Crippen LogP contribution in [0.5, 0.6) is 0 Å². The lowest BCUT2D eigenvalue weighted by Crippen LogP contribution is -2.58. The Morgan fingerprint density at radius 2 is 1.90 bits per heavy atom. The van der Waals surface area contributed by atoms with Gasteiger partial charge >= 0.3 is 12.0 Å². The van der Waals surface area contributed by atoms with Gasteiger partial charge in [-0.05, 0) is 19.8 Å². The van der Waals surface area contributed by atoms with E-state index in [1.54, 1.807) is 0 Å². The van der Waals surface area contributed by atoms with E-state index in [1.807, 2.05) is 20.8 Å². The zero-order chi connectivity index (χ0) is 16.3. The fourth-order valence-corrected chi connectivity index (χ4v) is 3.81. The van der Waals surface area contributed by atoms with Crippen molar-refractivity contribution in [3.8, 4) is 0 Å². The van der Waals surface area contributed by atoms with Crippen LogP contribution in [0.1, 0.15) is 40.0 Å². The SMILES string of the molecule is CCC(C)(CC)NC(=O)N1CCS(=O)(=O)CC1CC(=O)O. The average molecular weight is 320 g/mol. The molecule has 1 saturated heterocycles. The number of hydrogen-bond donors (Lipinski definition) is 2. The van der Waals surface area contributed by atoms with E-state index in [-0.39, 0.29) is 36.0 Å². The number of amides is 2. The molecule has 1 atom stereocenters. The number of carboxylic acid groups (broad SMARTS) is 1. The molecular weight excluding hydrogens is 296 g/mol. The number of sulfone groups is 1. The second-order valence-electron chi connectivity index (χ2n) is 5.76. The molecule has 0 radical (unpaired) electrons. The Morgan fingerprint density at radius 3 is 2.38 bits per heavy atom. The molecule has 1 aliphatic heterocycles. The first-order chi connectivity index (χ1) is 9.62.